The summed E-state index contributed by atoms with van der Waals surface area (Å²) in [6.45, 7) is 6.53. The molecular weight excluding hydrogens is 398 g/mol. The van der Waals surface area contributed by atoms with Gasteiger partial charge in [0.1, 0.15) is 11.6 Å². The van der Waals surface area contributed by atoms with Crippen LogP contribution < -0.4 is 10.1 Å². The van der Waals surface area contributed by atoms with E-state index in [0.717, 1.165) is 33.4 Å². The van der Waals surface area contributed by atoms with Crippen molar-refractivity contribution in [3.8, 4) is 23.1 Å². The Balaban J connectivity index is 1.64. The molecule has 1 unspecified atom stereocenters. The van der Waals surface area contributed by atoms with Gasteiger partial charge in [-0.2, -0.15) is 5.26 Å². The van der Waals surface area contributed by atoms with E-state index in [1.807, 2.05) is 81.4 Å². The zero-order chi connectivity index (χ0) is 22.7. The molecule has 4 rings (SSSR count). The maximum Gasteiger partial charge on any atom is 0.262 e. The van der Waals surface area contributed by atoms with Gasteiger partial charge in [-0.3, -0.25) is 4.79 Å². The summed E-state index contributed by atoms with van der Waals surface area (Å²) in [5.74, 6) is 0.269. The van der Waals surface area contributed by atoms with Gasteiger partial charge in [-0.25, -0.2) is 4.98 Å². The molecule has 2 aromatic carbocycles. The molecule has 0 aliphatic carbocycles. The topological polar surface area (TPSA) is 75.0 Å². The normalized spacial score (nSPS) is 18.1. The lowest BCUT2D eigenvalue weighted by atomic mass is 9.78. The minimum absolute atomic E-state index is 0.184. The standard InChI is InChI=1S/C27H25N3O2/c1-4-32-25-14-11-21(17-29-25)19-9-12-22(13-10-19)27(3)15-23(24(16-28)26(31)30-27)20-7-5-18(2)6-8-20/h5-14,17H,4,15H2,1-3H3,(H,30,31). The third-order valence-electron chi connectivity index (χ3n) is 5.84. The van der Waals surface area contributed by atoms with Crippen LogP contribution in [0.2, 0.25) is 0 Å². The summed E-state index contributed by atoms with van der Waals surface area (Å²) in [7, 11) is 0. The van der Waals surface area contributed by atoms with Crippen molar-refractivity contribution >= 4 is 11.5 Å². The maximum atomic E-state index is 12.8. The van der Waals surface area contributed by atoms with Crippen molar-refractivity contribution in [3.63, 3.8) is 0 Å². The highest BCUT2D eigenvalue weighted by molar-refractivity contribution is 6.07. The molecule has 5 heteroatoms. The van der Waals surface area contributed by atoms with Crippen molar-refractivity contribution in [3.05, 3.63) is 89.1 Å². The quantitative estimate of drug-likeness (QED) is 0.614. The van der Waals surface area contributed by atoms with Crippen molar-refractivity contribution in [2.45, 2.75) is 32.7 Å². The van der Waals surface area contributed by atoms with Gasteiger partial charge in [0, 0.05) is 24.2 Å². The Morgan fingerprint density at radius 2 is 1.69 bits per heavy atom. The van der Waals surface area contributed by atoms with E-state index in [2.05, 4.69) is 16.4 Å². The summed E-state index contributed by atoms with van der Waals surface area (Å²) in [6.07, 6.45) is 2.33. The second-order valence-corrected chi connectivity index (χ2v) is 8.19. The predicted molar refractivity (Wildman–Crippen MR) is 125 cm³/mol. The number of nitrogens with one attached hydrogen (secondary N) is 1. The van der Waals surface area contributed by atoms with Gasteiger partial charge in [-0.05, 0) is 49.1 Å². The van der Waals surface area contributed by atoms with Crippen molar-refractivity contribution in [2.75, 3.05) is 6.61 Å². The first-order valence-corrected chi connectivity index (χ1v) is 10.7. The monoisotopic (exact) mass is 423 g/mol. The number of aryl methyl sites for hydroxylation is 1. The Morgan fingerprint density at radius 1 is 1.03 bits per heavy atom. The molecule has 1 N–H and O–H groups in total. The first-order chi connectivity index (χ1) is 15.4. The Hall–Kier alpha value is -3.91. The fourth-order valence-electron chi connectivity index (χ4n) is 4.04. The Morgan fingerprint density at radius 3 is 2.28 bits per heavy atom. The highest BCUT2D eigenvalue weighted by atomic mass is 16.5. The molecule has 5 nitrogen and oxygen atoms in total. The van der Waals surface area contributed by atoms with Crippen LogP contribution in [0.4, 0.5) is 0 Å². The number of hydrogen-bond donors (Lipinski definition) is 1. The van der Waals surface area contributed by atoms with Gasteiger partial charge in [0.25, 0.3) is 5.91 Å². The van der Waals surface area contributed by atoms with Gasteiger partial charge in [0.2, 0.25) is 5.88 Å². The Kier molecular flexibility index (Phi) is 5.79. The zero-order valence-electron chi connectivity index (χ0n) is 18.5. The summed E-state index contributed by atoms with van der Waals surface area (Å²) in [5.41, 5.74) is 5.39. The predicted octanol–water partition coefficient (Wildman–Crippen LogP) is 5.17. The van der Waals surface area contributed by atoms with Gasteiger partial charge in [-0.15, -0.1) is 0 Å². The molecule has 0 saturated heterocycles. The van der Waals surface area contributed by atoms with E-state index in [0.29, 0.717) is 18.9 Å². The van der Waals surface area contributed by atoms with Gasteiger partial charge in [0.15, 0.2) is 0 Å². The van der Waals surface area contributed by atoms with E-state index in [1.54, 1.807) is 6.20 Å². The molecule has 0 saturated carbocycles. The van der Waals surface area contributed by atoms with E-state index < -0.39 is 5.54 Å². The lowest BCUT2D eigenvalue weighted by molar-refractivity contribution is -0.119. The fraction of sp³-hybridized carbons (Fsp3) is 0.222. The molecule has 1 amide bonds. The number of ether oxygens (including phenoxy) is 1. The van der Waals surface area contributed by atoms with E-state index >= 15 is 0 Å². The molecule has 1 aliphatic rings. The molecule has 0 bridgehead atoms. The van der Waals surface area contributed by atoms with E-state index in [-0.39, 0.29) is 11.5 Å². The number of benzene rings is 2. The third kappa shape index (κ3) is 4.13. The van der Waals surface area contributed by atoms with Crippen LogP contribution in [-0.2, 0) is 10.3 Å². The second kappa shape index (κ2) is 8.68. The summed E-state index contributed by atoms with van der Waals surface area (Å²) < 4.78 is 5.41. The van der Waals surface area contributed by atoms with Crippen LogP contribution in [-0.4, -0.2) is 17.5 Å². The molecule has 32 heavy (non-hydrogen) atoms. The zero-order valence-corrected chi connectivity index (χ0v) is 18.5. The van der Waals surface area contributed by atoms with E-state index in [1.165, 1.54) is 0 Å². The molecular formula is C27H25N3O2. The lowest BCUT2D eigenvalue weighted by Crippen LogP contribution is -2.47. The molecule has 0 fully saturated rings. The Bertz CT molecular complexity index is 1200. The summed E-state index contributed by atoms with van der Waals surface area (Å²) in [6, 6.07) is 22.0. The first-order valence-electron chi connectivity index (χ1n) is 10.7. The molecule has 0 spiro atoms. The number of pyridine rings is 1. The van der Waals surface area contributed by atoms with E-state index in [4.69, 9.17) is 4.74 Å². The van der Waals surface area contributed by atoms with Gasteiger partial charge >= 0.3 is 0 Å². The number of nitriles is 1. The molecule has 1 aromatic heterocycles. The minimum Gasteiger partial charge on any atom is -0.478 e. The number of carbonyl (C=O) groups is 1. The summed E-state index contributed by atoms with van der Waals surface area (Å²) in [5, 5.41) is 12.7. The number of carbonyl (C=O) groups excluding carboxylic acids is 1. The van der Waals surface area contributed by atoms with Crippen LogP contribution in [0.3, 0.4) is 0 Å². The SMILES string of the molecule is CCOc1ccc(-c2ccc(C3(C)CC(c4ccc(C)cc4)=C(C#N)C(=O)N3)cc2)cn1. The van der Waals surface area contributed by atoms with Crippen molar-refractivity contribution in [2.24, 2.45) is 0 Å². The molecule has 0 radical (unpaired) electrons. The minimum atomic E-state index is -0.618. The number of nitrogens with zero attached hydrogens (tertiary/aromatic N) is 2. The van der Waals surface area contributed by atoms with Crippen LogP contribution in [0.1, 0.15) is 37.0 Å². The van der Waals surface area contributed by atoms with E-state index in [9.17, 15) is 10.1 Å². The van der Waals surface area contributed by atoms with Crippen molar-refractivity contribution in [1.29, 1.82) is 5.26 Å². The average molecular weight is 424 g/mol. The second-order valence-electron chi connectivity index (χ2n) is 8.19. The van der Waals surface area contributed by atoms with Crippen LogP contribution in [0.25, 0.3) is 16.7 Å². The highest BCUT2D eigenvalue weighted by Gasteiger charge is 2.37. The average Bonchev–Trinajstić information content (AvgIpc) is 2.80. The summed E-state index contributed by atoms with van der Waals surface area (Å²) in [4.78, 5) is 17.2. The van der Waals surface area contributed by atoms with Gasteiger partial charge < -0.3 is 10.1 Å². The maximum absolute atomic E-state index is 12.8. The molecule has 1 atom stereocenters. The largest absolute Gasteiger partial charge is 0.478 e. The molecule has 160 valence electrons. The van der Waals surface area contributed by atoms with Gasteiger partial charge in [0.05, 0.1) is 12.1 Å². The van der Waals surface area contributed by atoms with Crippen LogP contribution >= 0.6 is 0 Å². The lowest BCUT2D eigenvalue weighted by Gasteiger charge is -2.36. The first kappa shape index (κ1) is 21.3. The third-order valence-corrected chi connectivity index (χ3v) is 5.84. The molecule has 1 aliphatic heterocycles. The van der Waals surface area contributed by atoms with Crippen LogP contribution in [0.5, 0.6) is 5.88 Å². The number of amides is 1. The molecule has 2 heterocycles. The highest BCUT2D eigenvalue weighted by Crippen LogP contribution is 2.38. The number of aromatic nitrogens is 1. The smallest absolute Gasteiger partial charge is 0.262 e. The van der Waals surface area contributed by atoms with Gasteiger partial charge in [-0.1, -0.05) is 54.1 Å². The van der Waals surface area contributed by atoms with Crippen molar-refractivity contribution in [1.82, 2.24) is 10.3 Å². The number of rotatable bonds is 5. The number of hydrogen-bond acceptors (Lipinski definition) is 4. The fourth-order valence-corrected chi connectivity index (χ4v) is 4.04. The summed E-state index contributed by atoms with van der Waals surface area (Å²) >= 11 is 0. The van der Waals surface area contributed by atoms with Crippen molar-refractivity contribution < 1.29 is 9.53 Å². The van der Waals surface area contributed by atoms with Crippen LogP contribution in [0.15, 0.2) is 72.4 Å². The molecule has 3 aromatic rings. The van der Waals surface area contributed by atoms with Crippen LogP contribution in [0, 0.1) is 18.3 Å². The Labute approximate surface area is 188 Å².